The van der Waals surface area contributed by atoms with Crippen molar-refractivity contribution in [2.45, 2.75) is 13.2 Å². The SMILES string of the molecule is COc1cccc(OC)c1OCc1nc(C(=O)NCc2cccnc2)cs1. The van der Waals surface area contributed by atoms with Crippen molar-refractivity contribution in [1.29, 1.82) is 0 Å². The second-order valence-electron chi connectivity index (χ2n) is 5.45. The van der Waals surface area contributed by atoms with Gasteiger partial charge in [0.05, 0.1) is 14.2 Å². The van der Waals surface area contributed by atoms with Crippen LogP contribution in [0, 0.1) is 0 Å². The molecule has 2 aromatic heterocycles. The molecule has 0 unspecified atom stereocenters. The molecule has 140 valence electrons. The highest BCUT2D eigenvalue weighted by molar-refractivity contribution is 7.09. The van der Waals surface area contributed by atoms with E-state index in [9.17, 15) is 4.79 Å². The van der Waals surface area contributed by atoms with Gasteiger partial charge in [-0.25, -0.2) is 4.98 Å². The predicted octanol–water partition coefficient (Wildman–Crippen LogP) is 3.06. The summed E-state index contributed by atoms with van der Waals surface area (Å²) in [6.07, 6.45) is 3.40. The van der Waals surface area contributed by atoms with E-state index < -0.39 is 0 Å². The Labute approximate surface area is 161 Å². The Morgan fingerprint density at radius 3 is 2.59 bits per heavy atom. The minimum Gasteiger partial charge on any atom is -0.493 e. The van der Waals surface area contributed by atoms with E-state index >= 15 is 0 Å². The van der Waals surface area contributed by atoms with Crippen molar-refractivity contribution in [3.63, 3.8) is 0 Å². The zero-order chi connectivity index (χ0) is 19.1. The van der Waals surface area contributed by atoms with Gasteiger partial charge in [-0.3, -0.25) is 9.78 Å². The van der Waals surface area contributed by atoms with Crippen LogP contribution in [0.1, 0.15) is 21.1 Å². The molecule has 0 saturated carbocycles. The summed E-state index contributed by atoms with van der Waals surface area (Å²) in [5.74, 6) is 1.40. The van der Waals surface area contributed by atoms with E-state index in [0.717, 1.165) is 5.56 Å². The smallest absolute Gasteiger partial charge is 0.271 e. The molecule has 27 heavy (non-hydrogen) atoms. The summed E-state index contributed by atoms with van der Waals surface area (Å²) >= 11 is 1.35. The molecule has 1 N–H and O–H groups in total. The van der Waals surface area contributed by atoms with Gasteiger partial charge in [-0.1, -0.05) is 12.1 Å². The van der Waals surface area contributed by atoms with Gasteiger partial charge in [-0.15, -0.1) is 11.3 Å². The fourth-order valence-electron chi connectivity index (χ4n) is 2.35. The molecular weight excluding hydrogens is 366 g/mol. The summed E-state index contributed by atoms with van der Waals surface area (Å²) in [6, 6.07) is 9.12. The Hall–Kier alpha value is -3.13. The van der Waals surface area contributed by atoms with Crippen LogP contribution in [0.15, 0.2) is 48.1 Å². The Bertz CT molecular complexity index is 877. The number of hydrogen-bond acceptors (Lipinski definition) is 7. The van der Waals surface area contributed by atoms with Crippen molar-refractivity contribution in [3.05, 3.63) is 64.4 Å². The summed E-state index contributed by atoms with van der Waals surface area (Å²) in [7, 11) is 3.13. The number of carbonyl (C=O) groups excluding carboxylic acids is 1. The number of rotatable bonds is 8. The van der Waals surface area contributed by atoms with E-state index in [1.165, 1.54) is 11.3 Å². The number of methoxy groups -OCH3 is 2. The molecule has 3 aromatic rings. The fraction of sp³-hybridized carbons (Fsp3) is 0.211. The molecule has 0 atom stereocenters. The van der Waals surface area contributed by atoms with Crippen molar-refractivity contribution >= 4 is 17.2 Å². The second kappa shape index (κ2) is 9.00. The lowest BCUT2D eigenvalue weighted by Crippen LogP contribution is -2.23. The van der Waals surface area contributed by atoms with Crippen LogP contribution in [0.4, 0.5) is 0 Å². The first-order valence-corrected chi connectivity index (χ1v) is 9.04. The summed E-state index contributed by atoms with van der Waals surface area (Å²) in [6.45, 7) is 0.603. The van der Waals surface area contributed by atoms with Crippen LogP contribution in [0.5, 0.6) is 17.2 Å². The Morgan fingerprint density at radius 2 is 1.93 bits per heavy atom. The van der Waals surface area contributed by atoms with Gasteiger partial charge in [0, 0.05) is 24.3 Å². The first-order chi connectivity index (χ1) is 13.2. The average Bonchev–Trinajstić information content (AvgIpc) is 3.20. The third-order valence-corrected chi connectivity index (χ3v) is 4.51. The van der Waals surface area contributed by atoms with Gasteiger partial charge in [0.2, 0.25) is 5.75 Å². The molecule has 2 heterocycles. The molecule has 1 aromatic carbocycles. The quantitative estimate of drug-likeness (QED) is 0.642. The Kier molecular flexibility index (Phi) is 6.22. The fourth-order valence-corrected chi connectivity index (χ4v) is 3.04. The molecule has 0 aliphatic heterocycles. The minimum absolute atomic E-state index is 0.206. The zero-order valence-corrected chi connectivity index (χ0v) is 15.8. The van der Waals surface area contributed by atoms with Gasteiger partial charge in [0.15, 0.2) is 11.5 Å². The third kappa shape index (κ3) is 4.73. The number of nitrogens with zero attached hydrogens (tertiary/aromatic N) is 2. The summed E-state index contributed by atoms with van der Waals surface area (Å²) in [4.78, 5) is 20.6. The van der Waals surface area contributed by atoms with Crippen molar-refractivity contribution in [2.24, 2.45) is 0 Å². The van der Waals surface area contributed by atoms with Crippen LogP contribution in [0.2, 0.25) is 0 Å². The van der Waals surface area contributed by atoms with Crippen LogP contribution >= 0.6 is 11.3 Å². The van der Waals surface area contributed by atoms with Crippen LogP contribution in [-0.4, -0.2) is 30.1 Å². The maximum atomic E-state index is 12.2. The number of nitrogens with one attached hydrogen (secondary N) is 1. The summed E-state index contributed by atoms with van der Waals surface area (Å²) < 4.78 is 16.4. The van der Waals surface area contributed by atoms with Crippen LogP contribution < -0.4 is 19.5 Å². The first-order valence-electron chi connectivity index (χ1n) is 8.16. The van der Waals surface area contributed by atoms with E-state index in [0.29, 0.717) is 34.5 Å². The van der Waals surface area contributed by atoms with Crippen molar-refractivity contribution < 1.29 is 19.0 Å². The molecule has 0 spiro atoms. The molecule has 0 fully saturated rings. The topological polar surface area (TPSA) is 82.6 Å². The van der Waals surface area contributed by atoms with Gasteiger partial charge in [-0.05, 0) is 23.8 Å². The van der Waals surface area contributed by atoms with E-state index in [1.54, 1.807) is 44.1 Å². The normalized spacial score (nSPS) is 10.3. The highest BCUT2D eigenvalue weighted by Crippen LogP contribution is 2.37. The molecule has 0 saturated heterocycles. The Balaban J connectivity index is 1.61. The standard InChI is InChI=1S/C19H19N3O4S/c1-24-15-6-3-7-16(25-2)18(15)26-11-17-22-14(12-27-17)19(23)21-10-13-5-4-8-20-9-13/h3-9,12H,10-11H2,1-2H3,(H,21,23). The lowest BCUT2D eigenvalue weighted by atomic mass is 10.3. The van der Waals surface area contributed by atoms with E-state index in [2.05, 4.69) is 15.3 Å². The zero-order valence-electron chi connectivity index (χ0n) is 15.0. The number of benzene rings is 1. The predicted molar refractivity (Wildman–Crippen MR) is 101 cm³/mol. The van der Waals surface area contributed by atoms with Crippen molar-refractivity contribution in [2.75, 3.05) is 14.2 Å². The maximum Gasteiger partial charge on any atom is 0.271 e. The van der Waals surface area contributed by atoms with Crippen LogP contribution in [-0.2, 0) is 13.2 Å². The van der Waals surface area contributed by atoms with Gasteiger partial charge in [0.25, 0.3) is 5.91 Å². The average molecular weight is 385 g/mol. The van der Waals surface area contributed by atoms with E-state index in [-0.39, 0.29) is 12.5 Å². The number of carbonyl (C=O) groups is 1. The number of hydrogen-bond donors (Lipinski definition) is 1. The number of para-hydroxylation sites is 1. The van der Waals surface area contributed by atoms with Gasteiger partial charge < -0.3 is 19.5 Å². The second-order valence-corrected chi connectivity index (χ2v) is 6.39. The number of amides is 1. The molecule has 3 rings (SSSR count). The van der Waals surface area contributed by atoms with E-state index in [4.69, 9.17) is 14.2 Å². The number of pyridine rings is 1. The third-order valence-electron chi connectivity index (χ3n) is 3.68. The van der Waals surface area contributed by atoms with E-state index in [1.807, 2.05) is 18.2 Å². The molecule has 0 aliphatic rings. The molecule has 0 aliphatic carbocycles. The highest BCUT2D eigenvalue weighted by atomic mass is 32.1. The van der Waals surface area contributed by atoms with Crippen molar-refractivity contribution in [1.82, 2.24) is 15.3 Å². The minimum atomic E-state index is -0.240. The monoisotopic (exact) mass is 385 g/mol. The molecular formula is C19H19N3O4S. The van der Waals surface area contributed by atoms with Crippen LogP contribution in [0.3, 0.4) is 0 Å². The van der Waals surface area contributed by atoms with Crippen LogP contribution in [0.25, 0.3) is 0 Å². The number of thiazole rings is 1. The molecule has 0 radical (unpaired) electrons. The highest BCUT2D eigenvalue weighted by Gasteiger charge is 2.14. The lowest BCUT2D eigenvalue weighted by Gasteiger charge is -2.13. The Morgan fingerprint density at radius 1 is 1.15 bits per heavy atom. The molecule has 1 amide bonds. The molecule has 7 nitrogen and oxygen atoms in total. The molecule has 0 bridgehead atoms. The summed E-state index contributed by atoms with van der Waals surface area (Å²) in [5, 5.41) is 5.20. The molecule has 8 heteroatoms. The van der Waals surface area contributed by atoms with Crippen molar-refractivity contribution in [3.8, 4) is 17.2 Å². The number of aromatic nitrogens is 2. The summed E-state index contributed by atoms with van der Waals surface area (Å²) in [5.41, 5.74) is 1.28. The number of ether oxygens (including phenoxy) is 3. The lowest BCUT2D eigenvalue weighted by molar-refractivity contribution is 0.0946. The largest absolute Gasteiger partial charge is 0.493 e. The van der Waals surface area contributed by atoms with Gasteiger partial charge in [-0.2, -0.15) is 0 Å². The first kappa shape index (κ1) is 18.7. The maximum absolute atomic E-state index is 12.2. The van der Waals surface area contributed by atoms with Gasteiger partial charge in [0.1, 0.15) is 17.3 Å². The van der Waals surface area contributed by atoms with Gasteiger partial charge >= 0.3 is 0 Å².